The first-order valence-corrected chi connectivity index (χ1v) is 9.34. The fourth-order valence-corrected chi connectivity index (χ4v) is 2.83. The zero-order valence-electron chi connectivity index (χ0n) is 16.1. The third-order valence-electron chi connectivity index (χ3n) is 4.22. The SMILES string of the molecule is CCNC(=NCc1cccc(C)c1)NCCCCn1c(C)cccc1=O. The lowest BCUT2D eigenvalue weighted by molar-refractivity contribution is 0.575. The molecule has 5 nitrogen and oxygen atoms in total. The molecule has 0 bridgehead atoms. The molecule has 0 spiro atoms. The van der Waals surface area contributed by atoms with E-state index in [4.69, 9.17) is 0 Å². The third-order valence-corrected chi connectivity index (χ3v) is 4.22. The first kappa shape index (κ1) is 19.8. The number of hydrogen-bond donors (Lipinski definition) is 2. The summed E-state index contributed by atoms with van der Waals surface area (Å²) in [7, 11) is 0. The van der Waals surface area contributed by atoms with Crippen molar-refractivity contribution in [3.63, 3.8) is 0 Å². The van der Waals surface area contributed by atoms with Gasteiger partial charge in [-0.15, -0.1) is 0 Å². The highest BCUT2D eigenvalue weighted by molar-refractivity contribution is 5.79. The fourth-order valence-electron chi connectivity index (χ4n) is 2.83. The Labute approximate surface area is 156 Å². The Morgan fingerprint density at radius 3 is 2.62 bits per heavy atom. The fraction of sp³-hybridized carbons (Fsp3) is 0.429. The van der Waals surface area contributed by atoms with E-state index in [0.717, 1.165) is 44.1 Å². The van der Waals surface area contributed by atoms with Crippen LogP contribution < -0.4 is 16.2 Å². The molecule has 5 heteroatoms. The molecule has 0 amide bonds. The van der Waals surface area contributed by atoms with Gasteiger partial charge in [0, 0.05) is 31.4 Å². The van der Waals surface area contributed by atoms with E-state index < -0.39 is 0 Å². The minimum absolute atomic E-state index is 0.0750. The third kappa shape index (κ3) is 6.39. The van der Waals surface area contributed by atoms with Crippen molar-refractivity contribution < 1.29 is 0 Å². The number of nitrogens with zero attached hydrogens (tertiary/aromatic N) is 2. The van der Waals surface area contributed by atoms with Crippen LogP contribution in [0.2, 0.25) is 0 Å². The molecular formula is C21H30N4O. The lowest BCUT2D eigenvalue weighted by Gasteiger charge is -2.12. The predicted octanol–water partition coefficient (Wildman–Crippen LogP) is 3.00. The standard InChI is InChI=1S/C21H30N4O/c1-4-22-21(24-16-19-11-7-9-17(2)15-19)23-13-5-6-14-25-18(3)10-8-12-20(25)26/h7-12,15H,4-6,13-14,16H2,1-3H3,(H2,22,23,24). The molecule has 0 fully saturated rings. The molecule has 2 rings (SSSR count). The quantitative estimate of drug-likeness (QED) is 0.435. The summed E-state index contributed by atoms with van der Waals surface area (Å²) in [4.78, 5) is 16.5. The van der Waals surface area contributed by atoms with Gasteiger partial charge in [0.1, 0.15) is 0 Å². The topological polar surface area (TPSA) is 58.4 Å². The molecule has 0 aliphatic heterocycles. The number of unbranched alkanes of at least 4 members (excludes halogenated alkanes) is 1. The van der Waals surface area contributed by atoms with Crippen LogP contribution in [0, 0.1) is 13.8 Å². The molecule has 0 aliphatic rings. The summed E-state index contributed by atoms with van der Waals surface area (Å²) in [6, 6.07) is 13.8. The van der Waals surface area contributed by atoms with Gasteiger partial charge < -0.3 is 15.2 Å². The van der Waals surface area contributed by atoms with Gasteiger partial charge in [-0.05, 0) is 45.2 Å². The Morgan fingerprint density at radius 2 is 1.88 bits per heavy atom. The van der Waals surface area contributed by atoms with Crippen molar-refractivity contribution in [2.24, 2.45) is 4.99 Å². The minimum Gasteiger partial charge on any atom is -0.357 e. The van der Waals surface area contributed by atoms with E-state index in [9.17, 15) is 4.79 Å². The van der Waals surface area contributed by atoms with E-state index in [1.807, 2.05) is 23.6 Å². The molecule has 26 heavy (non-hydrogen) atoms. The molecule has 1 heterocycles. The largest absolute Gasteiger partial charge is 0.357 e. The number of hydrogen-bond acceptors (Lipinski definition) is 2. The van der Waals surface area contributed by atoms with E-state index >= 15 is 0 Å². The van der Waals surface area contributed by atoms with Crippen molar-refractivity contribution in [1.29, 1.82) is 0 Å². The van der Waals surface area contributed by atoms with Crippen LogP contribution >= 0.6 is 0 Å². The Balaban J connectivity index is 1.79. The highest BCUT2D eigenvalue weighted by Crippen LogP contribution is 2.05. The first-order chi connectivity index (χ1) is 12.6. The summed E-state index contributed by atoms with van der Waals surface area (Å²) in [6.45, 7) is 9.21. The molecular weight excluding hydrogens is 324 g/mol. The van der Waals surface area contributed by atoms with Gasteiger partial charge in [0.25, 0.3) is 5.56 Å². The first-order valence-electron chi connectivity index (χ1n) is 9.34. The molecule has 0 aliphatic carbocycles. The van der Waals surface area contributed by atoms with Crippen molar-refractivity contribution in [1.82, 2.24) is 15.2 Å². The Bertz CT molecular complexity index is 780. The zero-order chi connectivity index (χ0) is 18.8. The summed E-state index contributed by atoms with van der Waals surface area (Å²) in [5.74, 6) is 0.835. The molecule has 1 aromatic carbocycles. The molecule has 0 atom stereocenters. The maximum Gasteiger partial charge on any atom is 0.250 e. The maximum atomic E-state index is 11.9. The van der Waals surface area contributed by atoms with Crippen LogP contribution in [0.15, 0.2) is 52.3 Å². The second kappa shape index (κ2) is 10.4. The van der Waals surface area contributed by atoms with E-state index in [1.165, 1.54) is 11.1 Å². The van der Waals surface area contributed by atoms with Gasteiger partial charge in [-0.25, -0.2) is 4.99 Å². The number of pyridine rings is 1. The van der Waals surface area contributed by atoms with Crippen LogP contribution in [-0.4, -0.2) is 23.6 Å². The van der Waals surface area contributed by atoms with Crippen molar-refractivity contribution in [2.45, 2.75) is 46.7 Å². The molecule has 140 valence electrons. The summed E-state index contributed by atoms with van der Waals surface area (Å²) < 4.78 is 1.83. The number of aromatic nitrogens is 1. The lowest BCUT2D eigenvalue weighted by atomic mass is 10.1. The Kier molecular flexibility index (Phi) is 7.93. The van der Waals surface area contributed by atoms with Gasteiger partial charge >= 0.3 is 0 Å². The van der Waals surface area contributed by atoms with Crippen LogP contribution in [0.1, 0.15) is 36.6 Å². The van der Waals surface area contributed by atoms with Crippen LogP contribution in [0.4, 0.5) is 0 Å². The molecule has 2 aromatic rings. The Hall–Kier alpha value is -2.56. The van der Waals surface area contributed by atoms with Gasteiger partial charge in [0.2, 0.25) is 0 Å². The minimum atomic E-state index is 0.0750. The van der Waals surface area contributed by atoms with Crippen molar-refractivity contribution in [3.8, 4) is 0 Å². The molecule has 1 aromatic heterocycles. The van der Waals surface area contributed by atoms with Crippen LogP contribution in [-0.2, 0) is 13.1 Å². The average molecular weight is 354 g/mol. The molecule has 2 N–H and O–H groups in total. The van der Waals surface area contributed by atoms with Gasteiger partial charge in [-0.2, -0.15) is 0 Å². The molecule has 0 saturated heterocycles. The van der Waals surface area contributed by atoms with Crippen molar-refractivity contribution in [2.75, 3.05) is 13.1 Å². The molecule has 0 radical (unpaired) electrons. The highest BCUT2D eigenvalue weighted by atomic mass is 16.1. The van der Waals surface area contributed by atoms with Gasteiger partial charge in [0.05, 0.1) is 6.54 Å². The second-order valence-electron chi connectivity index (χ2n) is 6.48. The number of benzene rings is 1. The van der Waals surface area contributed by atoms with Gasteiger partial charge in [0.15, 0.2) is 5.96 Å². The molecule has 0 saturated carbocycles. The second-order valence-corrected chi connectivity index (χ2v) is 6.48. The van der Waals surface area contributed by atoms with E-state index in [2.05, 4.69) is 53.7 Å². The van der Waals surface area contributed by atoms with Crippen molar-refractivity contribution >= 4 is 5.96 Å². The smallest absolute Gasteiger partial charge is 0.250 e. The summed E-state index contributed by atoms with van der Waals surface area (Å²) in [5.41, 5.74) is 3.55. The number of aryl methyl sites for hydroxylation is 2. The van der Waals surface area contributed by atoms with E-state index in [1.54, 1.807) is 6.07 Å². The monoisotopic (exact) mass is 354 g/mol. The number of rotatable bonds is 8. The van der Waals surface area contributed by atoms with Crippen LogP contribution in [0.25, 0.3) is 0 Å². The van der Waals surface area contributed by atoms with E-state index in [-0.39, 0.29) is 5.56 Å². The normalized spacial score (nSPS) is 11.4. The highest BCUT2D eigenvalue weighted by Gasteiger charge is 2.00. The zero-order valence-corrected chi connectivity index (χ0v) is 16.1. The van der Waals surface area contributed by atoms with Crippen molar-refractivity contribution in [3.05, 3.63) is 69.6 Å². The number of aliphatic imine (C=N–C) groups is 1. The summed E-state index contributed by atoms with van der Waals surface area (Å²) >= 11 is 0. The summed E-state index contributed by atoms with van der Waals surface area (Å²) in [5, 5.41) is 6.65. The lowest BCUT2D eigenvalue weighted by Crippen LogP contribution is -2.37. The average Bonchev–Trinajstić information content (AvgIpc) is 2.61. The van der Waals surface area contributed by atoms with E-state index in [0.29, 0.717) is 6.54 Å². The van der Waals surface area contributed by atoms with Gasteiger partial charge in [-0.1, -0.05) is 35.9 Å². The number of nitrogens with one attached hydrogen (secondary N) is 2. The van der Waals surface area contributed by atoms with Crippen LogP contribution in [0.3, 0.4) is 0 Å². The van der Waals surface area contributed by atoms with Crippen LogP contribution in [0.5, 0.6) is 0 Å². The maximum absolute atomic E-state index is 11.9. The predicted molar refractivity (Wildman–Crippen MR) is 109 cm³/mol. The number of guanidine groups is 1. The van der Waals surface area contributed by atoms with Gasteiger partial charge in [-0.3, -0.25) is 4.79 Å². The molecule has 0 unspecified atom stereocenters. The Morgan fingerprint density at radius 1 is 1.08 bits per heavy atom. The summed E-state index contributed by atoms with van der Waals surface area (Å²) in [6.07, 6.45) is 1.94.